The van der Waals surface area contributed by atoms with Crippen LogP contribution in [-0.4, -0.2) is 24.3 Å². The Morgan fingerprint density at radius 1 is 1.04 bits per heavy atom. The summed E-state index contributed by atoms with van der Waals surface area (Å²) in [6, 6.07) is 8.70. The van der Waals surface area contributed by atoms with Crippen LogP contribution in [0.2, 0.25) is 0 Å². The Morgan fingerprint density at radius 2 is 1.64 bits per heavy atom. The molecule has 0 heterocycles. The number of ketones is 1. The summed E-state index contributed by atoms with van der Waals surface area (Å²) in [5, 5.41) is 2.44. The highest BCUT2D eigenvalue weighted by molar-refractivity contribution is 6.09. The van der Waals surface area contributed by atoms with E-state index in [2.05, 4.69) is 5.32 Å². The van der Waals surface area contributed by atoms with Crippen molar-refractivity contribution in [1.29, 1.82) is 0 Å². The minimum Gasteiger partial charge on any atom is -0.464 e. The second kappa shape index (κ2) is 8.69. The molecular formula is C20H18F3NO4. The molecule has 2 aromatic rings. The van der Waals surface area contributed by atoms with Gasteiger partial charge in [-0.25, -0.2) is 4.79 Å². The van der Waals surface area contributed by atoms with Crippen molar-refractivity contribution in [1.82, 2.24) is 5.32 Å². The lowest BCUT2D eigenvalue weighted by Gasteiger charge is -2.17. The third-order valence-electron chi connectivity index (χ3n) is 3.80. The highest BCUT2D eigenvalue weighted by Gasteiger charge is 2.31. The van der Waals surface area contributed by atoms with Crippen molar-refractivity contribution < 1.29 is 32.3 Å². The molecule has 5 nitrogen and oxygen atoms in total. The number of amides is 1. The van der Waals surface area contributed by atoms with Gasteiger partial charge in [-0.15, -0.1) is 0 Å². The topological polar surface area (TPSA) is 72.5 Å². The third-order valence-corrected chi connectivity index (χ3v) is 3.80. The van der Waals surface area contributed by atoms with E-state index in [1.165, 1.54) is 37.3 Å². The van der Waals surface area contributed by atoms with Crippen LogP contribution in [0.3, 0.4) is 0 Å². The molecule has 0 aliphatic rings. The molecule has 148 valence electrons. The number of hydrogen-bond acceptors (Lipinski definition) is 4. The Bertz CT molecular complexity index is 893. The maximum absolute atomic E-state index is 12.9. The van der Waals surface area contributed by atoms with E-state index in [1.807, 2.05) is 0 Å². The molecular weight excluding hydrogens is 375 g/mol. The van der Waals surface area contributed by atoms with Crippen molar-refractivity contribution in [2.75, 3.05) is 6.61 Å². The van der Waals surface area contributed by atoms with Gasteiger partial charge in [-0.1, -0.05) is 30.3 Å². The Balaban J connectivity index is 2.39. The standard InChI is InChI=1S/C20H18F3NO4/c1-3-28-19(27)17(24-12(2)25)13-6-4-7-14(10-13)18(26)15-8-5-9-16(11-15)20(21,22)23/h4-11,17H,3H2,1-2H3,(H,24,25). The number of nitrogens with one attached hydrogen (secondary N) is 1. The predicted molar refractivity (Wildman–Crippen MR) is 94.5 cm³/mol. The van der Waals surface area contributed by atoms with Gasteiger partial charge in [0.1, 0.15) is 0 Å². The third kappa shape index (κ3) is 5.18. The molecule has 0 bridgehead atoms. The van der Waals surface area contributed by atoms with Crippen LogP contribution in [0.1, 0.15) is 46.9 Å². The Labute approximate surface area is 159 Å². The van der Waals surface area contributed by atoms with E-state index in [9.17, 15) is 27.6 Å². The molecule has 2 aromatic carbocycles. The summed E-state index contributed by atoms with van der Waals surface area (Å²) in [5.74, 6) is -1.83. The minimum absolute atomic E-state index is 0.0801. The smallest absolute Gasteiger partial charge is 0.416 e. The van der Waals surface area contributed by atoms with Crippen LogP contribution in [-0.2, 0) is 20.5 Å². The number of carbonyl (C=O) groups excluding carboxylic acids is 3. The fourth-order valence-electron chi connectivity index (χ4n) is 2.57. The van der Waals surface area contributed by atoms with Gasteiger partial charge in [0, 0.05) is 18.1 Å². The molecule has 0 aliphatic carbocycles. The molecule has 1 unspecified atom stereocenters. The molecule has 0 saturated carbocycles. The summed E-state index contributed by atoms with van der Waals surface area (Å²) < 4.78 is 43.6. The zero-order valence-electron chi connectivity index (χ0n) is 15.2. The summed E-state index contributed by atoms with van der Waals surface area (Å²) in [5.41, 5.74) is -0.709. The van der Waals surface area contributed by atoms with E-state index < -0.39 is 35.4 Å². The number of carbonyl (C=O) groups is 3. The molecule has 0 spiro atoms. The number of halogens is 3. The number of rotatable bonds is 6. The molecule has 0 saturated heterocycles. The molecule has 2 rings (SSSR count). The van der Waals surface area contributed by atoms with Crippen LogP contribution >= 0.6 is 0 Å². The quantitative estimate of drug-likeness (QED) is 0.600. The van der Waals surface area contributed by atoms with Crippen molar-refractivity contribution in [3.63, 3.8) is 0 Å². The molecule has 1 amide bonds. The van der Waals surface area contributed by atoms with E-state index in [0.29, 0.717) is 0 Å². The predicted octanol–water partition coefficient (Wildman–Crippen LogP) is 3.68. The summed E-state index contributed by atoms with van der Waals surface area (Å²) >= 11 is 0. The van der Waals surface area contributed by atoms with Gasteiger partial charge in [-0.3, -0.25) is 9.59 Å². The number of hydrogen-bond donors (Lipinski definition) is 1. The second-order valence-corrected chi connectivity index (χ2v) is 5.92. The highest BCUT2D eigenvalue weighted by Crippen LogP contribution is 2.30. The number of benzene rings is 2. The lowest BCUT2D eigenvalue weighted by molar-refractivity contribution is -0.147. The molecule has 0 fully saturated rings. The number of alkyl halides is 3. The summed E-state index contributed by atoms with van der Waals surface area (Å²) in [6.07, 6.45) is -4.57. The van der Waals surface area contributed by atoms with Crippen LogP contribution in [0.4, 0.5) is 13.2 Å². The summed E-state index contributed by atoms with van der Waals surface area (Å²) in [4.78, 5) is 36.2. The average Bonchev–Trinajstić information content (AvgIpc) is 2.65. The fraction of sp³-hybridized carbons (Fsp3) is 0.250. The SMILES string of the molecule is CCOC(=O)C(NC(C)=O)c1cccc(C(=O)c2cccc(C(F)(F)F)c2)c1. The molecule has 0 aliphatic heterocycles. The van der Waals surface area contributed by atoms with Crippen molar-refractivity contribution in [2.24, 2.45) is 0 Å². The van der Waals surface area contributed by atoms with Crippen molar-refractivity contribution in [2.45, 2.75) is 26.1 Å². The maximum atomic E-state index is 12.9. The fourth-order valence-corrected chi connectivity index (χ4v) is 2.57. The lowest BCUT2D eigenvalue weighted by Crippen LogP contribution is -2.33. The van der Waals surface area contributed by atoms with E-state index in [1.54, 1.807) is 6.92 Å². The molecule has 0 radical (unpaired) electrons. The van der Waals surface area contributed by atoms with Gasteiger partial charge >= 0.3 is 12.1 Å². The lowest BCUT2D eigenvalue weighted by atomic mass is 9.97. The molecule has 28 heavy (non-hydrogen) atoms. The molecule has 1 N–H and O–H groups in total. The van der Waals surface area contributed by atoms with Gasteiger partial charge in [0.15, 0.2) is 11.8 Å². The van der Waals surface area contributed by atoms with Gasteiger partial charge in [0.25, 0.3) is 0 Å². The zero-order valence-corrected chi connectivity index (χ0v) is 15.2. The van der Waals surface area contributed by atoms with E-state index in [4.69, 9.17) is 4.74 Å². The molecule has 1 atom stereocenters. The van der Waals surface area contributed by atoms with Gasteiger partial charge in [0.2, 0.25) is 5.91 Å². The number of ether oxygens (including phenoxy) is 1. The second-order valence-electron chi connectivity index (χ2n) is 5.92. The van der Waals surface area contributed by atoms with Gasteiger partial charge in [-0.05, 0) is 30.7 Å². The highest BCUT2D eigenvalue weighted by atomic mass is 19.4. The largest absolute Gasteiger partial charge is 0.464 e. The summed E-state index contributed by atoms with van der Waals surface area (Å²) in [7, 11) is 0. The zero-order chi connectivity index (χ0) is 20.9. The average molecular weight is 393 g/mol. The van der Waals surface area contributed by atoms with Crippen LogP contribution < -0.4 is 5.32 Å². The van der Waals surface area contributed by atoms with E-state index in [0.717, 1.165) is 18.2 Å². The van der Waals surface area contributed by atoms with Gasteiger partial charge in [0.05, 0.1) is 12.2 Å². The van der Waals surface area contributed by atoms with Crippen LogP contribution in [0.25, 0.3) is 0 Å². The maximum Gasteiger partial charge on any atom is 0.416 e. The van der Waals surface area contributed by atoms with Gasteiger partial charge < -0.3 is 10.1 Å². The molecule has 0 aromatic heterocycles. The Hall–Kier alpha value is -3.16. The van der Waals surface area contributed by atoms with Crippen molar-refractivity contribution >= 4 is 17.7 Å². The molecule has 8 heteroatoms. The van der Waals surface area contributed by atoms with Crippen LogP contribution in [0, 0.1) is 0 Å². The normalized spacial score (nSPS) is 12.2. The Kier molecular flexibility index (Phi) is 6.56. The van der Waals surface area contributed by atoms with Crippen molar-refractivity contribution in [3.8, 4) is 0 Å². The first kappa shape index (κ1) is 21.1. The van der Waals surface area contributed by atoms with E-state index >= 15 is 0 Å². The first-order valence-corrected chi connectivity index (χ1v) is 8.39. The summed E-state index contributed by atoms with van der Waals surface area (Å²) in [6.45, 7) is 2.93. The van der Waals surface area contributed by atoms with Crippen molar-refractivity contribution in [3.05, 3.63) is 70.8 Å². The van der Waals surface area contributed by atoms with Crippen LogP contribution in [0.15, 0.2) is 48.5 Å². The first-order valence-electron chi connectivity index (χ1n) is 8.39. The monoisotopic (exact) mass is 393 g/mol. The van der Waals surface area contributed by atoms with Gasteiger partial charge in [-0.2, -0.15) is 13.2 Å². The van der Waals surface area contributed by atoms with E-state index in [-0.39, 0.29) is 23.3 Å². The first-order chi connectivity index (χ1) is 13.1. The minimum atomic E-state index is -4.57. The number of esters is 1. The van der Waals surface area contributed by atoms with Crippen LogP contribution in [0.5, 0.6) is 0 Å². The Morgan fingerprint density at radius 3 is 2.21 bits per heavy atom.